The van der Waals surface area contributed by atoms with Gasteiger partial charge in [-0.05, 0) is 88.5 Å². The summed E-state index contributed by atoms with van der Waals surface area (Å²) >= 11 is 0. The molecule has 2 heterocycles. The van der Waals surface area contributed by atoms with Gasteiger partial charge >= 0.3 is 0 Å². The van der Waals surface area contributed by atoms with Gasteiger partial charge in [-0.3, -0.25) is 0 Å². The van der Waals surface area contributed by atoms with E-state index in [1.54, 1.807) is 0 Å². The van der Waals surface area contributed by atoms with Crippen molar-refractivity contribution in [2.24, 2.45) is 0 Å². The molecule has 11 aromatic rings. The largest absolute Gasteiger partial charge is 0.455 e. The summed E-state index contributed by atoms with van der Waals surface area (Å²) in [6.45, 7) is 0. The van der Waals surface area contributed by atoms with Crippen LogP contribution in [0.4, 0.5) is 17.1 Å². The predicted molar refractivity (Wildman–Crippen MR) is 239 cm³/mol. The first kappa shape index (κ1) is 32.8. The molecule has 0 saturated carbocycles. The fourth-order valence-electron chi connectivity index (χ4n) is 8.47. The fraction of sp³-hybridized carbons (Fsp3) is 0. The molecule has 0 radical (unpaired) electrons. The smallest absolute Gasteiger partial charge is 0.143 e. The van der Waals surface area contributed by atoms with E-state index in [9.17, 15) is 0 Å². The normalized spacial score (nSPS) is 11.5. The number of fused-ring (bicyclic) bond motifs is 6. The average Bonchev–Trinajstić information content (AvgIpc) is 3.84. The van der Waals surface area contributed by atoms with Crippen molar-refractivity contribution in [1.29, 1.82) is 0 Å². The van der Waals surface area contributed by atoms with Gasteiger partial charge in [0.15, 0.2) is 0 Å². The maximum atomic E-state index is 6.43. The van der Waals surface area contributed by atoms with Crippen molar-refractivity contribution in [2.75, 3.05) is 4.90 Å². The van der Waals surface area contributed by atoms with Crippen LogP contribution in [0.15, 0.2) is 223 Å². The van der Waals surface area contributed by atoms with Crippen LogP contribution in [0, 0.1) is 0 Å². The molecule has 0 spiro atoms. The highest BCUT2D eigenvalue weighted by Crippen LogP contribution is 2.41. The van der Waals surface area contributed by atoms with Gasteiger partial charge in [0.2, 0.25) is 0 Å². The Bertz CT molecular complexity index is 3160. The third kappa shape index (κ3) is 5.68. The third-order valence-electron chi connectivity index (χ3n) is 11.2. The van der Waals surface area contributed by atoms with E-state index in [1.807, 2.05) is 12.1 Å². The third-order valence-corrected chi connectivity index (χ3v) is 11.2. The second kappa shape index (κ2) is 13.6. The molecule has 0 aliphatic heterocycles. The first-order valence-corrected chi connectivity index (χ1v) is 19.4. The van der Waals surface area contributed by atoms with Gasteiger partial charge in [0.05, 0.1) is 11.0 Å². The highest BCUT2D eigenvalue weighted by molar-refractivity contribution is 6.10. The van der Waals surface area contributed by atoms with E-state index in [0.717, 1.165) is 55.8 Å². The van der Waals surface area contributed by atoms with E-state index in [-0.39, 0.29) is 0 Å². The summed E-state index contributed by atoms with van der Waals surface area (Å²) in [5.41, 5.74) is 15.5. The number of aromatic nitrogens is 1. The van der Waals surface area contributed by atoms with Crippen LogP contribution in [0.3, 0.4) is 0 Å². The van der Waals surface area contributed by atoms with Crippen LogP contribution < -0.4 is 4.90 Å². The zero-order chi connectivity index (χ0) is 37.7. The van der Waals surface area contributed by atoms with E-state index < -0.39 is 0 Å². The van der Waals surface area contributed by atoms with E-state index >= 15 is 0 Å². The first-order valence-electron chi connectivity index (χ1n) is 19.4. The van der Waals surface area contributed by atoms with Gasteiger partial charge in [-0.1, -0.05) is 158 Å². The number of anilines is 3. The monoisotopic (exact) mass is 728 g/mol. The molecular formula is C54H36N2O. The van der Waals surface area contributed by atoms with Crippen molar-refractivity contribution >= 4 is 60.8 Å². The minimum atomic E-state index is 0.904. The second-order valence-corrected chi connectivity index (χ2v) is 14.5. The first-order chi connectivity index (χ1) is 28.3. The van der Waals surface area contributed by atoms with Gasteiger partial charge in [-0.15, -0.1) is 0 Å². The molecule has 3 heteroatoms. The van der Waals surface area contributed by atoms with Gasteiger partial charge in [0.1, 0.15) is 11.2 Å². The molecule has 3 nitrogen and oxygen atoms in total. The molecule has 2 aromatic heterocycles. The Kier molecular flexibility index (Phi) is 7.82. The Morgan fingerprint density at radius 3 is 1.47 bits per heavy atom. The molecule has 0 saturated heterocycles. The standard InChI is InChI=1S/C54H36N2O/c1-2-12-37(13-3-1)38-24-26-39(27-25-38)40-28-32-42(33-29-40)55(43-34-30-41(31-35-43)46-19-11-20-50-49-18-6-9-23-53(49)57-54(46)50)44-14-10-15-45(36-44)56-51-21-7-4-16-47(51)48-17-5-8-22-52(48)56/h1-36H. The molecule has 11 rings (SSSR count). The number of rotatable bonds is 7. The van der Waals surface area contributed by atoms with Gasteiger partial charge in [0.25, 0.3) is 0 Å². The molecule has 57 heavy (non-hydrogen) atoms. The van der Waals surface area contributed by atoms with Crippen LogP contribution in [0.5, 0.6) is 0 Å². The van der Waals surface area contributed by atoms with Crippen molar-refractivity contribution in [2.45, 2.75) is 0 Å². The Labute approximate surface area is 330 Å². The molecule has 0 atom stereocenters. The molecule has 0 aliphatic rings. The lowest BCUT2D eigenvalue weighted by atomic mass is 10.00. The number of furan rings is 1. The summed E-state index contributed by atoms with van der Waals surface area (Å²) in [5.74, 6) is 0. The SMILES string of the molecule is c1ccc(-c2ccc(-c3ccc(N(c4ccc(-c5cccc6c5oc5ccccc56)cc4)c4cccc(-n5c6ccccc6c6ccccc65)c4)cc3)cc2)cc1. The molecule has 268 valence electrons. The lowest BCUT2D eigenvalue weighted by Crippen LogP contribution is -2.10. The van der Waals surface area contributed by atoms with E-state index in [0.29, 0.717) is 0 Å². The van der Waals surface area contributed by atoms with Gasteiger partial charge in [-0.2, -0.15) is 0 Å². The topological polar surface area (TPSA) is 21.3 Å². The van der Waals surface area contributed by atoms with Crippen LogP contribution in [-0.2, 0) is 0 Å². The van der Waals surface area contributed by atoms with Crippen LogP contribution in [-0.4, -0.2) is 4.57 Å². The van der Waals surface area contributed by atoms with Crippen molar-refractivity contribution in [1.82, 2.24) is 4.57 Å². The maximum Gasteiger partial charge on any atom is 0.143 e. The average molecular weight is 729 g/mol. The highest BCUT2D eigenvalue weighted by atomic mass is 16.3. The van der Waals surface area contributed by atoms with Gasteiger partial charge < -0.3 is 13.9 Å². The van der Waals surface area contributed by atoms with Crippen LogP contribution in [0.1, 0.15) is 0 Å². The zero-order valence-electron chi connectivity index (χ0n) is 31.1. The van der Waals surface area contributed by atoms with Gasteiger partial charge in [-0.25, -0.2) is 0 Å². The van der Waals surface area contributed by atoms with Crippen LogP contribution >= 0.6 is 0 Å². The summed E-state index contributed by atoms with van der Waals surface area (Å²) in [6.07, 6.45) is 0. The maximum absolute atomic E-state index is 6.43. The minimum absolute atomic E-state index is 0.904. The molecule has 0 unspecified atom stereocenters. The molecule has 0 amide bonds. The number of para-hydroxylation sites is 4. The van der Waals surface area contributed by atoms with Gasteiger partial charge in [0, 0.05) is 49.9 Å². The van der Waals surface area contributed by atoms with E-state index in [1.165, 1.54) is 44.1 Å². The number of hydrogen-bond acceptors (Lipinski definition) is 2. The Morgan fingerprint density at radius 2 is 0.825 bits per heavy atom. The molecular weight excluding hydrogens is 693 g/mol. The molecule has 0 N–H and O–H groups in total. The molecule has 0 bridgehead atoms. The van der Waals surface area contributed by atoms with Crippen LogP contribution in [0.2, 0.25) is 0 Å². The molecule has 9 aromatic carbocycles. The van der Waals surface area contributed by atoms with Crippen molar-refractivity contribution in [3.05, 3.63) is 218 Å². The lowest BCUT2D eigenvalue weighted by molar-refractivity contribution is 0.670. The summed E-state index contributed by atoms with van der Waals surface area (Å²) in [6, 6.07) is 78.1. The van der Waals surface area contributed by atoms with E-state index in [4.69, 9.17) is 4.42 Å². The van der Waals surface area contributed by atoms with Crippen molar-refractivity contribution in [3.63, 3.8) is 0 Å². The fourth-order valence-corrected chi connectivity index (χ4v) is 8.47. The summed E-state index contributed by atoms with van der Waals surface area (Å²) < 4.78 is 8.81. The number of nitrogens with zero attached hydrogens (tertiary/aromatic N) is 2. The quantitative estimate of drug-likeness (QED) is 0.163. The Balaban J connectivity index is 1.02. The van der Waals surface area contributed by atoms with Crippen molar-refractivity contribution in [3.8, 4) is 39.1 Å². The van der Waals surface area contributed by atoms with Crippen LogP contribution in [0.25, 0.3) is 82.8 Å². The molecule has 0 aliphatic carbocycles. The number of benzene rings is 9. The Hall–Kier alpha value is -7.62. The highest BCUT2D eigenvalue weighted by Gasteiger charge is 2.18. The Morgan fingerprint density at radius 1 is 0.333 bits per heavy atom. The molecule has 0 fully saturated rings. The predicted octanol–water partition coefficient (Wildman–Crippen LogP) is 15.2. The van der Waals surface area contributed by atoms with Crippen molar-refractivity contribution < 1.29 is 4.42 Å². The summed E-state index contributed by atoms with van der Waals surface area (Å²) in [4.78, 5) is 2.35. The lowest BCUT2D eigenvalue weighted by Gasteiger charge is -2.26. The summed E-state index contributed by atoms with van der Waals surface area (Å²) in [7, 11) is 0. The van der Waals surface area contributed by atoms with E-state index in [2.05, 4.69) is 216 Å². The summed E-state index contributed by atoms with van der Waals surface area (Å²) in [5, 5.41) is 4.76. The zero-order valence-corrected chi connectivity index (χ0v) is 31.1. The second-order valence-electron chi connectivity index (χ2n) is 14.5. The minimum Gasteiger partial charge on any atom is -0.455 e. The number of hydrogen-bond donors (Lipinski definition) is 0.